The quantitative estimate of drug-likeness (QED) is 0.816. The summed E-state index contributed by atoms with van der Waals surface area (Å²) in [6, 6.07) is 13.3. The summed E-state index contributed by atoms with van der Waals surface area (Å²) in [5.74, 6) is 0. The number of pyridine rings is 1. The molecule has 0 amide bonds. The predicted molar refractivity (Wildman–Crippen MR) is 92.0 cm³/mol. The van der Waals surface area contributed by atoms with Crippen molar-refractivity contribution in [3.05, 3.63) is 64.6 Å². The molecule has 1 saturated heterocycles. The molecule has 2 aromatic rings. The minimum absolute atomic E-state index is 0.0332. The molecule has 5 heteroatoms. The zero-order chi connectivity index (χ0) is 16.7. The molecular formula is C18H22BNO3. The van der Waals surface area contributed by atoms with Crippen LogP contribution in [0.2, 0.25) is 0 Å². The highest BCUT2D eigenvalue weighted by molar-refractivity contribution is 6.62. The van der Waals surface area contributed by atoms with Gasteiger partial charge >= 0.3 is 7.12 Å². The Morgan fingerprint density at radius 3 is 2.17 bits per heavy atom. The molecule has 0 radical (unpaired) electrons. The fourth-order valence-corrected chi connectivity index (χ4v) is 2.57. The third-order valence-electron chi connectivity index (χ3n) is 4.73. The lowest BCUT2D eigenvalue weighted by Crippen LogP contribution is -2.41. The van der Waals surface area contributed by atoms with E-state index < -0.39 is 18.3 Å². The second kappa shape index (κ2) is 5.66. The molecule has 0 bridgehead atoms. The summed E-state index contributed by atoms with van der Waals surface area (Å²) >= 11 is 0. The van der Waals surface area contributed by atoms with Gasteiger partial charge in [-0.2, -0.15) is 0 Å². The van der Waals surface area contributed by atoms with Crippen LogP contribution in [0.3, 0.4) is 0 Å². The first-order chi connectivity index (χ1) is 10.8. The van der Waals surface area contributed by atoms with Gasteiger partial charge in [0, 0.05) is 12.3 Å². The second-order valence-electron chi connectivity index (χ2n) is 7.00. The average Bonchev–Trinajstić information content (AvgIpc) is 2.71. The molecule has 0 spiro atoms. The molecule has 1 aliphatic heterocycles. The van der Waals surface area contributed by atoms with E-state index in [4.69, 9.17) is 9.31 Å². The van der Waals surface area contributed by atoms with E-state index in [1.807, 2.05) is 64.2 Å². The van der Waals surface area contributed by atoms with Crippen LogP contribution in [0.15, 0.2) is 53.5 Å². The molecule has 3 rings (SSSR count). The Labute approximate surface area is 137 Å². The standard InChI is InChI=1S/C18H22BNO3/c1-17(2)18(3,4)23-19(22-17)15-10-11-16(21)20(13-15)12-14-8-6-5-7-9-14/h5-11,13H,12H2,1-4H3. The van der Waals surface area contributed by atoms with Gasteiger partial charge < -0.3 is 13.9 Å². The third-order valence-corrected chi connectivity index (χ3v) is 4.73. The molecule has 0 saturated carbocycles. The lowest BCUT2D eigenvalue weighted by atomic mass is 9.80. The van der Waals surface area contributed by atoms with E-state index in [1.54, 1.807) is 16.7 Å². The van der Waals surface area contributed by atoms with Crippen molar-refractivity contribution >= 4 is 12.6 Å². The topological polar surface area (TPSA) is 40.5 Å². The largest absolute Gasteiger partial charge is 0.496 e. The number of hydrogen-bond donors (Lipinski definition) is 0. The number of aromatic nitrogens is 1. The van der Waals surface area contributed by atoms with Crippen LogP contribution in [-0.4, -0.2) is 22.9 Å². The maximum absolute atomic E-state index is 12.1. The van der Waals surface area contributed by atoms with Gasteiger partial charge in [0.05, 0.1) is 17.7 Å². The summed E-state index contributed by atoms with van der Waals surface area (Å²) in [5.41, 5.74) is 1.13. The lowest BCUT2D eigenvalue weighted by molar-refractivity contribution is 0.00578. The summed E-state index contributed by atoms with van der Waals surface area (Å²) in [5, 5.41) is 0. The molecule has 1 aromatic carbocycles. The SMILES string of the molecule is CC1(C)OB(c2ccc(=O)n(Cc3ccccc3)c2)OC1(C)C. The molecule has 0 aliphatic carbocycles. The van der Waals surface area contributed by atoms with Gasteiger partial charge in [-0.15, -0.1) is 0 Å². The van der Waals surface area contributed by atoms with Gasteiger partial charge in [0.25, 0.3) is 5.56 Å². The van der Waals surface area contributed by atoms with Crippen LogP contribution in [0.4, 0.5) is 0 Å². The molecule has 0 atom stereocenters. The van der Waals surface area contributed by atoms with E-state index in [0.29, 0.717) is 6.54 Å². The van der Waals surface area contributed by atoms with E-state index in [1.165, 1.54) is 0 Å². The highest BCUT2D eigenvalue weighted by Gasteiger charge is 2.51. The smallest absolute Gasteiger partial charge is 0.399 e. The maximum atomic E-state index is 12.1. The molecule has 4 nitrogen and oxygen atoms in total. The van der Waals surface area contributed by atoms with Crippen molar-refractivity contribution < 1.29 is 9.31 Å². The molecule has 1 fully saturated rings. The Kier molecular flexibility index (Phi) is 3.94. The van der Waals surface area contributed by atoms with Crippen LogP contribution in [0, 0.1) is 0 Å². The van der Waals surface area contributed by atoms with E-state index in [-0.39, 0.29) is 5.56 Å². The van der Waals surface area contributed by atoms with E-state index in [0.717, 1.165) is 11.0 Å². The monoisotopic (exact) mass is 311 g/mol. The molecule has 23 heavy (non-hydrogen) atoms. The van der Waals surface area contributed by atoms with Gasteiger partial charge in [0.15, 0.2) is 0 Å². The first-order valence-corrected chi connectivity index (χ1v) is 7.88. The first-order valence-electron chi connectivity index (χ1n) is 7.88. The Morgan fingerprint density at radius 1 is 0.957 bits per heavy atom. The molecule has 120 valence electrons. The van der Waals surface area contributed by atoms with Crippen LogP contribution in [0.25, 0.3) is 0 Å². The minimum atomic E-state index is -0.456. The van der Waals surface area contributed by atoms with E-state index >= 15 is 0 Å². The highest BCUT2D eigenvalue weighted by Crippen LogP contribution is 2.36. The Balaban J connectivity index is 1.88. The van der Waals surface area contributed by atoms with Crippen LogP contribution in [0.5, 0.6) is 0 Å². The summed E-state index contributed by atoms with van der Waals surface area (Å²) in [7, 11) is -0.456. The number of nitrogens with zero attached hydrogens (tertiary/aromatic N) is 1. The summed E-state index contributed by atoms with van der Waals surface area (Å²) < 4.78 is 13.8. The second-order valence-corrected chi connectivity index (χ2v) is 7.00. The van der Waals surface area contributed by atoms with Gasteiger partial charge in [-0.3, -0.25) is 4.79 Å². The van der Waals surface area contributed by atoms with Crippen molar-refractivity contribution in [1.82, 2.24) is 4.57 Å². The third kappa shape index (κ3) is 3.12. The maximum Gasteiger partial charge on any atom is 0.496 e. The van der Waals surface area contributed by atoms with Gasteiger partial charge in [-0.1, -0.05) is 36.4 Å². The Hall–Kier alpha value is -1.85. The molecular weight excluding hydrogens is 289 g/mol. The zero-order valence-electron chi connectivity index (χ0n) is 14.1. The lowest BCUT2D eigenvalue weighted by Gasteiger charge is -2.32. The number of hydrogen-bond acceptors (Lipinski definition) is 3. The normalized spacial score (nSPS) is 19.0. The van der Waals surface area contributed by atoms with Crippen LogP contribution < -0.4 is 11.0 Å². The fraction of sp³-hybridized carbons (Fsp3) is 0.389. The molecule has 0 N–H and O–H groups in total. The van der Waals surface area contributed by atoms with Crippen molar-refractivity contribution in [3.63, 3.8) is 0 Å². The predicted octanol–water partition coefficient (Wildman–Crippen LogP) is 2.20. The highest BCUT2D eigenvalue weighted by atomic mass is 16.7. The van der Waals surface area contributed by atoms with Crippen molar-refractivity contribution in [3.8, 4) is 0 Å². The van der Waals surface area contributed by atoms with E-state index in [2.05, 4.69) is 0 Å². The summed E-state index contributed by atoms with van der Waals surface area (Å²) in [6.07, 6.45) is 1.83. The van der Waals surface area contributed by atoms with E-state index in [9.17, 15) is 4.79 Å². The van der Waals surface area contributed by atoms with Crippen molar-refractivity contribution in [2.24, 2.45) is 0 Å². The summed E-state index contributed by atoms with van der Waals surface area (Å²) in [4.78, 5) is 12.1. The minimum Gasteiger partial charge on any atom is -0.399 e. The van der Waals surface area contributed by atoms with Crippen LogP contribution in [-0.2, 0) is 15.9 Å². The molecule has 1 aromatic heterocycles. The average molecular weight is 311 g/mol. The first kappa shape index (κ1) is 16.0. The van der Waals surface area contributed by atoms with Crippen molar-refractivity contribution in [2.45, 2.75) is 45.4 Å². The van der Waals surface area contributed by atoms with Crippen LogP contribution in [0.1, 0.15) is 33.3 Å². The van der Waals surface area contributed by atoms with Gasteiger partial charge in [0.2, 0.25) is 0 Å². The molecule has 1 aliphatic rings. The molecule has 0 unspecified atom stereocenters. The van der Waals surface area contributed by atoms with Crippen molar-refractivity contribution in [1.29, 1.82) is 0 Å². The Morgan fingerprint density at radius 2 is 1.57 bits per heavy atom. The zero-order valence-corrected chi connectivity index (χ0v) is 14.1. The number of benzene rings is 1. The number of rotatable bonds is 3. The van der Waals surface area contributed by atoms with Gasteiger partial charge in [-0.25, -0.2) is 0 Å². The Bertz CT molecular complexity index is 736. The van der Waals surface area contributed by atoms with Crippen LogP contribution >= 0.6 is 0 Å². The summed E-state index contributed by atoms with van der Waals surface area (Å²) in [6.45, 7) is 8.62. The molecule has 2 heterocycles. The van der Waals surface area contributed by atoms with Gasteiger partial charge in [0.1, 0.15) is 0 Å². The fourth-order valence-electron chi connectivity index (χ4n) is 2.57. The van der Waals surface area contributed by atoms with Crippen molar-refractivity contribution in [2.75, 3.05) is 0 Å². The van der Waals surface area contributed by atoms with Gasteiger partial charge in [-0.05, 0) is 38.7 Å².